The van der Waals surface area contributed by atoms with Gasteiger partial charge in [-0.05, 0) is 66.8 Å². The summed E-state index contributed by atoms with van der Waals surface area (Å²) in [7, 11) is 0. The van der Waals surface area contributed by atoms with Crippen LogP contribution in [0.2, 0.25) is 5.02 Å². The summed E-state index contributed by atoms with van der Waals surface area (Å²) < 4.78 is 5.37. The van der Waals surface area contributed by atoms with Crippen molar-refractivity contribution in [2.24, 2.45) is 5.73 Å². The van der Waals surface area contributed by atoms with E-state index in [2.05, 4.69) is 0 Å². The molecule has 0 spiro atoms. The Bertz CT molecular complexity index is 1070. The van der Waals surface area contributed by atoms with Crippen LogP contribution in [0.15, 0.2) is 57.7 Å². The topological polar surface area (TPSA) is 72.6 Å². The molecule has 5 nitrogen and oxygen atoms in total. The first-order chi connectivity index (χ1) is 14.5. The summed E-state index contributed by atoms with van der Waals surface area (Å²) in [6, 6.07) is 7.50. The molecule has 1 atom stereocenters. The van der Waals surface area contributed by atoms with Crippen molar-refractivity contribution < 1.29 is 14.3 Å². The number of rotatable bonds is 4. The normalized spacial score (nSPS) is 19.2. The summed E-state index contributed by atoms with van der Waals surface area (Å²) in [6.07, 6.45) is 1.90. The van der Waals surface area contributed by atoms with Gasteiger partial charge >= 0.3 is 5.97 Å². The van der Waals surface area contributed by atoms with Gasteiger partial charge in [-0.1, -0.05) is 17.7 Å². The molecule has 1 aliphatic heterocycles. The first kappa shape index (κ1) is 20.7. The Kier molecular flexibility index (Phi) is 5.71. The molecule has 2 aliphatic rings. The molecule has 0 bridgehead atoms. The fraction of sp³-hybridized carbons (Fsp3) is 0.304. The Morgan fingerprint density at radius 2 is 2.13 bits per heavy atom. The molecule has 1 aromatic heterocycles. The van der Waals surface area contributed by atoms with Crippen molar-refractivity contribution >= 4 is 40.4 Å². The van der Waals surface area contributed by atoms with Crippen molar-refractivity contribution in [1.29, 1.82) is 0 Å². The molecule has 0 radical (unpaired) electrons. The molecule has 7 heteroatoms. The van der Waals surface area contributed by atoms with Crippen molar-refractivity contribution in [3.63, 3.8) is 0 Å². The van der Waals surface area contributed by atoms with E-state index in [1.54, 1.807) is 6.92 Å². The lowest BCUT2D eigenvalue weighted by atomic mass is 9.76. The number of ketones is 1. The highest BCUT2D eigenvalue weighted by Gasteiger charge is 2.43. The molecular formula is C23H23ClN2O3S. The predicted octanol–water partition coefficient (Wildman–Crippen LogP) is 5.05. The molecule has 30 heavy (non-hydrogen) atoms. The zero-order valence-electron chi connectivity index (χ0n) is 16.9. The number of nitrogens with two attached hydrogens (primary N) is 1. The SMILES string of the molecule is CCOC(=O)C1=C(N)N(c2cccc(Cl)c2C)C2=C(C(=O)CCC2)[C@@H]1c1ccsc1. The quantitative estimate of drug-likeness (QED) is 0.670. The second-order valence-electron chi connectivity index (χ2n) is 7.37. The fourth-order valence-corrected chi connectivity index (χ4v) is 5.14. The van der Waals surface area contributed by atoms with Crippen LogP contribution in [0.25, 0.3) is 0 Å². The van der Waals surface area contributed by atoms with Crippen molar-refractivity contribution in [1.82, 2.24) is 0 Å². The number of ether oxygens (including phenoxy) is 1. The minimum absolute atomic E-state index is 0.0476. The predicted molar refractivity (Wildman–Crippen MR) is 119 cm³/mol. The maximum atomic E-state index is 13.2. The standard InChI is InChI=1S/C23H23ClN2O3S/c1-3-29-23(28)21-19(14-10-11-30-12-14)20-17(8-5-9-18(20)27)26(22(21)25)16-7-4-6-15(24)13(16)2/h4,6-7,10-12,19H,3,5,8-9,25H2,1-2H3/t19-/m0/s1. The molecule has 0 amide bonds. The van der Waals surface area contributed by atoms with E-state index < -0.39 is 11.9 Å². The van der Waals surface area contributed by atoms with E-state index in [1.165, 1.54) is 11.3 Å². The van der Waals surface area contributed by atoms with Gasteiger partial charge in [0.1, 0.15) is 5.82 Å². The van der Waals surface area contributed by atoms with Crippen LogP contribution >= 0.6 is 22.9 Å². The van der Waals surface area contributed by atoms with E-state index in [-0.39, 0.29) is 12.4 Å². The third-order valence-corrected chi connectivity index (χ3v) is 6.76. The number of hydrogen-bond donors (Lipinski definition) is 1. The number of carbonyl (C=O) groups is 2. The van der Waals surface area contributed by atoms with Crippen molar-refractivity contribution in [2.45, 2.75) is 39.0 Å². The molecule has 2 N–H and O–H groups in total. The zero-order valence-corrected chi connectivity index (χ0v) is 18.5. The number of Topliss-reactive ketones (excluding diaryl/α,β-unsaturated/α-hetero) is 1. The lowest BCUT2D eigenvalue weighted by molar-refractivity contribution is -0.138. The Labute approximate surface area is 184 Å². The average molecular weight is 443 g/mol. The average Bonchev–Trinajstić information content (AvgIpc) is 3.24. The van der Waals surface area contributed by atoms with Crippen molar-refractivity contribution in [2.75, 3.05) is 11.5 Å². The number of hydrogen-bond acceptors (Lipinski definition) is 6. The van der Waals surface area contributed by atoms with E-state index in [0.717, 1.165) is 28.9 Å². The third-order valence-electron chi connectivity index (χ3n) is 5.64. The van der Waals surface area contributed by atoms with Gasteiger partial charge in [-0.3, -0.25) is 9.69 Å². The van der Waals surface area contributed by atoms with Gasteiger partial charge in [0.05, 0.1) is 23.8 Å². The fourth-order valence-electron chi connectivity index (χ4n) is 4.28. The van der Waals surface area contributed by atoms with Crippen LogP contribution in [0.5, 0.6) is 0 Å². The first-order valence-corrected chi connectivity index (χ1v) is 11.3. The van der Waals surface area contributed by atoms with Gasteiger partial charge < -0.3 is 10.5 Å². The number of carbonyl (C=O) groups excluding carboxylic acids is 2. The summed E-state index contributed by atoms with van der Waals surface area (Å²) in [4.78, 5) is 28.1. The highest BCUT2D eigenvalue weighted by atomic mass is 35.5. The molecule has 1 aliphatic carbocycles. The Morgan fingerprint density at radius 3 is 2.83 bits per heavy atom. The Balaban J connectivity index is 2.01. The number of esters is 1. The second kappa shape index (κ2) is 8.28. The minimum atomic E-state index is -0.520. The third kappa shape index (κ3) is 3.34. The van der Waals surface area contributed by atoms with E-state index >= 15 is 0 Å². The lowest BCUT2D eigenvalue weighted by Gasteiger charge is -2.40. The van der Waals surface area contributed by atoms with Gasteiger partial charge in [0.25, 0.3) is 0 Å². The maximum Gasteiger partial charge on any atom is 0.338 e. The van der Waals surface area contributed by atoms with Gasteiger partial charge in [-0.25, -0.2) is 4.79 Å². The van der Waals surface area contributed by atoms with Crippen molar-refractivity contribution in [3.8, 4) is 0 Å². The van der Waals surface area contributed by atoms with Crippen LogP contribution in [0, 0.1) is 6.92 Å². The molecule has 0 saturated heterocycles. The van der Waals surface area contributed by atoms with Crippen LogP contribution < -0.4 is 10.6 Å². The summed E-state index contributed by atoms with van der Waals surface area (Å²) >= 11 is 7.91. The zero-order chi connectivity index (χ0) is 21.4. The van der Waals surface area contributed by atoms with Crippen LogP contribution in [0.3, 0.4) is 0 Å². The van der Waals surface area contributed by atoms with E-state index in [4.69, 9.17) is 22.1 Å². The van der Waals surface area contributed by atoms with E-state index in [1.807, 2.05) is 46.8 Å². The van der Waals surface area contributed by atoms with Crippen LogP contribution in [0.1, 0.15) is 43.2 Å². The first-order valence-electron chi connectivity index (χ1n) is 9.96. The number of anilines is 1. The largest absolute Gasteiger partial charge is 0.463 e. The smallest absolute Gasteiger partial charge is 0.338 e. The number of nitrogens with zero attached hydrogens (tertiary/aromatic N) is 1. The molecule has 0 saturated carbocycles. The Hall–Kier alpha value is -2.57. The van der Waals surface area contributed by atoms with Crippen molar-refractivity contribution in [3.05, 3.63) is 73.8 Å². The van der Waals surface area contributed by atoms with Gasteiger partial charge in [0.2, 0.25) is 0 Å². The number of halogens is 1. The maximum absolute atomic E-state index is 13.2. The van der Waals surface area contributed by atoms with Gasteiger partial charge in [0, 0.05) is 22.7 Å². The van der Waals surface area contributed by atoms with Gasteiger partial charge in [-0.2, -0.15) is 11.3 Å². The molecule has 156 valence electrons. The van der Waals surface area contributed by atoms with Crippen LogP contribution in [-0.4, -0.2) is 18.4 Å². The minimum Gasteiger partial charge on any atom is -0.463 e. The lowest BCUT2D eigenvalue weighted by Crippen LogP contribution is -2.41. The van der Waals surface area contributed by atoms with Gasteiger partial charge in [-0.15, -0.1) is 0 Å². The number of allylic oxidation sites excluding steroid dienone is 2. The molecular weight excluding hydrogens is 420 g/mol. The summed E-state index contributed by atoms with van der Waals surface area (Å²) in [5.41, 5.74) is 11.0. The molecule has 2 aromatic rings. The summed E-state index contributed by atoms with van der Waals surface area (Å²) in [6.45, 7) is 3.89. The van der Waals surface area contributed by atoms with E-state index in [0.29, 0.717) is 34.8 Å². The number of benzene rings is 1. The monoisotopic (exact) mass is 442 g/mol. The van der Waals surface area contributed by atoms with Gasteiger partial charge in [0.15, 0.2) is 5.78 Å². The molecule has 1 aromatic carbocycles. The molecule has 0 fully saturated rings. The highest BCUT2D eigenvalue weighted by Crippen LogP contribution is 2.48. The van der Waals surface area contributed by atoms with Crippen LogP contribution in [0.4, 0.5) is 5.69 Å². The van der Waals surface area contributed by atoms with E-state index in [9.17, 15) is 9.59 Å². The number of thiophene rings is 1. The second-order valence-corrected chi connectivity index (χ2v) is 8.55. The van der Waals surface area contributed by atoms with Crippen LogP contribution in [-0.2, 0) is 14.3 Å². The molecule has 4 rings (SSSR count). The summed E-state index contributed by atoms with van der Waals surface area (Å²) in [5, 5.41) is 4.50. The molecule has 2 heterocycles. The molecule has 0 unspecified atom stereocenters. The Morgan fingerprint density at radius 1 is 1.33 bits per heavy atom. The highest BCUT2D eigenvalue weighted by molar-refractivity contribution is 7.08. The summed E-state index contributed by atoms with van der Waals surface area (Å²) in [5.74, 6) is -0.676.